The second-order valence-corrected chi connectivity index (χ2v) is 9.81. The van der Waals surface area contributed by atoms with Gasteiger partial charge in [-0.05, 0) is 60.5 Å². The summed E-state index contributed by atoms with van der Waals surface area (Å²) in [6.07, 6.45) is 1.13. The van der Waals surface area contributed by atoms with Crippen LogP contribution < -0.4 is 0 Å². The molecule has 1 atom stereocenters. The van der Waals surface area contributed by atoms with Crippen LogP contribution in [0.4, 0.5) is 0 Å². The summed E-state index contributed by atoms with van der Waals surface area (Å²) in [6.45, 7) is 4.63. The van der Waals surface area contributed by atoms with Gasteiger partial charge in [0.05, 0.1) is 12.5 Å². The largest absolute Gasteiger partial charge is 0.331 e. The molecular formula is C26H27ClN2O2S. The first-order chi connectivity index (χ1) is 15.4. The molecule has 2 heterocycles. The van der Waals surface area contributed by atoms with Gasteiger partial charge in [-0.3, -0.25) is 9.59 Å². The van der Waals surface area contributed by atoms with Crippen LogP contribution in [-0.2, 0) is 22.4 Å². The molecule has 166 valence electrons. The Labute approximate surface area is 198 Å². The van der Waals surface area contributed by atoms with Crippen molar-refractivity contribution >= 4 is 34.8 Å². The molecule has 0 fully saturated rings. The summed E-state index contributed by atoms with van der Waals surface area (Å²) < 4.78 is 0. The van der Waals surface area contributed by atoms with Crippen LogP contribution in [0.3, 0.4) is 0 Å². The SMILES string of the molecule is CC(C)N(CC(=O)N1CCc2sccc2C1c1ccc(Cl)cc1)C(=O)Cc1ccccc1. The average Bonchev–Trinajstić information content (AvgIpc) is 3.26. The van der Waals surface area contributed by atoms with Crippen molar-refractivity contribution in [3.05, 3.63) is 92.6 Å². The van der Waals surface area contributed by atoms with Gasteiger partial charge in [0.1, 0.15) is 6.54 Å². The van der Waals surface area contributed by atoms with Gasteiger partial charge in [0.25, 0.3) is 0 Å². The van der Waals surface area contributed by atoms with Crippen molar-refractivity contribution in [1.29, 1.82) is 0 Å². The number of hydrogen-bond donors (Lipinski definition) is 0. The summed E-state index contributed by atoms with van der Waals surface area (Å²) in [5, 5.41) is 2.76. The van der Waals surface area contributed by atoms with Crippen LogP contribution in [0.2, 0.25) is 5.02 Å². The van der Waals surface area contributed by atoms with E-state index in [9.17, 15) is 9.59 Å². The number of carbonyl (C=O) groups is 2. The number of hydrogen-bond acceptors (Lipinski definition) is 3. The first-order valence-corrected chi connectivity index (χ1v) is 12.1. The van der Waals surface area contributed by atoms with Gasteiger partial charge in [0.2, 0.25) is 11.8 Å². The van der Waals surface area contributed by atoms with E-state index in [4.69, 9.17) is 11.6 Å². The Morgan fingerprint density at radius 2 is 1.81 bits per heavy atom. The lowest BCUT2D eigenvalue weighted by molar-refractivity contribution is -0.142. The van der Waals surface area contributed by atoms with Gasteiger partial charge in [0, 0.05) is 22.5 Å². The highest BCUT2D eigenvalue weighted by Gasteiger charge is 2.34. The summed E-state index contributed by atoms with van der Waals surface area (Å²) >= 11 is 7.85. The number of carbonyl (C=O) groups excluding carboxylic acids is 2. The number of rotatable bonds is 6. The van der Waals surface area contributed by atoms with E-state index >= 15 is 0 Å². The maximum absolute atomic E-state index is 13.6. The van der Waals surface area contributed by atoms with Crippen LogP contribution in [0, 0.1) is 0 Å². The molecule has 2 amide bonds. The molecule has 1 aromatic heterocycles. The molecule has 6 heteroatoms. The predicted molar refractivity (Wildman–Crippen MR) is 130 cm³/mol. The van der Waals surface area contributed by atoms with Gasteiger partial charge >= 0.3 is 0 Å². The lowest BCUT2D eigenvalue weighted by atomic mass is 9.93. The van der Waals surface area contributed by atoms with Crippen molar-refractivity contribution in [1.82, 2.24) is 9.80 Å². The summed E-state index contributed by atoms with van der Waals surface area (Å²) in [5.74, 6) is -0.0623. The minimum Gasteiger partial charge on any atom is -0.331 e. The maximum atomic E-state index is 13.6. The van der Waals surface area contributed by atoms with E-state index in [-0.39, 0.29) is 30.4 Å². The second kappa shape index (κ2) is 9.88. The van der Waals surface area contributed by atoms with Crippen LogP contribution >= 0.6 is 22.9 Å². The first kappa shape index (κ1) is 22.6. The standard InChI is InChI=1S/C26H27ClN2O2S/c1-18(2)29(24(30)16-19-6-4-3-5-7-19)17-25(31)28-14-12-23-22(13-15-32-23)26(28)20-8-10-21(27)11-9-20/h3-11,13,15,18,26H,12,14,16-17H2,1-2H3. The maximum Gasteiger partial charge on any atom is 0.243 e. The van der Waals surface area contributed by atoms with Crippen molar-refractivity contribution in [3.63, 3.8) is 0 Å². The van der Waals surface area contributed by atoms with E-state index in [1.54, 1.807) is 16.2 Å². The lowest BCUT2D eigenvalue weighted by Crippen LogP contribution is -2.49. The summed E-state index contributed by atoms with van der Waals surface area (Å²) in [6, 6.07) is 19.3. The molecule has 0 N–H and O–H groups in total. The fourth-order valence-electron chi connectivity index (χ4n) is 4.26. The Hall–Kier alpha value is -2.63. The van der Waals surface area contributed by atoms with Gasteiger partial charge in [0.15, 0.2) is 0 Å². The fraction of sp³-hybridized carbons (Fsp3) is 0.308. The van der Waals surface area contributed by atoms with Crippen molar-refractivity contribution in [3.8, 4) is 0 Å². The van der Waals surface area contributed by atoms with Crippen molar-refractivity contribution in [2.45, 2.75) is 38.8 Å². The Bertz CT molecular complexity index is 1080. The van der Waals surface area contributed by atoms with Gasteiger partial charge in [-0.15, -0.1) is 11.3 Å². The molecule has 0 saturated heterocycles. The Morgan fingerprint density at radius 1 is 1.09 bits per heavy atom. The second-order valence-electron chi connectivity index (χ2n) is 8.37. The summed E-state index contributed by atoms with van der Waals surface area (Å²) in [4.78, 5) is 31.5. The molecule has 0 radical (unpaired) electrons. The van der Waals surface area contributed by atoms with Crippen LogP contribution in [0.1, 0.15) is 41.5 Å². The molecule has 0 spiro atoms. The number of benzene rings is 2. The van der Waals surface area contributed by atoms with Crippen LogP contribution in [0.15, 0.2) is 66.0 Å². The van der Waals surface area contributed by atoms with Crippen LogP contribution in [-0.4, -0.2) is 40.7 Å². The number of thiophene rings is 1. The third-order valence-corrected chi connectivity index (χ3v) is 7.17. The highest BCUT2D eigenvalue weighted by molar-refractivity contribution is 7.10. The molecule has 3 aromatic rings. The molecule has 0 aliphatic carbocycles. The highest BCUT2D eigenvalue weighted by atomic mass is 35.5. The minimum atomic E-state index is -0.159. The molecule has 0 saturated carbocycles. The Balaban J connectivity index is 1.57. The smallest absolute Gasteiger partial charge is 0.243 e. The topological polar surface area (TPSA) is 40.6 Å². The molecule has 0 bridgehead atoms. The Morgan fingerprint density at radius 3 is 2.50 bits per heavy atom. The zero-order valence-electron chi connectivity index (χ0n) is 18.3. The van der Waals surface area contributed by atoms with Gasteiger partial charge in [-0.2, -0.15) is 0 Å². The van der Waals surface area contributed by atoms with Gasteiger partial charge in [-0.1, -0.05) is 54.1 Å². The van der Waals surface area contributed by atoms with E-state index in [0.717, 1.165) is 17.5 Å². The molecule has 1 aliphatic rings. The van der Waals surface area contributed by atoms with Gasteiger partial charge < -0.3 is 9.80 Å². The van der Waals surface area contributed by atoms with Gasteiger partial charge in [-0.25, -0.2) is 0 Å². The molecule has 1 unspecified atom stereocenters. The van der Waals surface area contributed by atoms with E-state index < -0.39 is 0 Å². The average molecular weight is 467 g/mol. The summed E-state index contributed by atoms with van der Waals surface area (Å²) in [5.41, 5.74) is 3.16. The third-order valence-electron chi connectivity index (χ3n) is 5.92. The zero-order chi connectivity index (χ0) is 22.7. The Kier molecular flexibility index (Phi) is 6.97. The predicted octanol–water partition coefficient (Wildman–Crippen LogP) is 5.36. The number of nitrogens with zero attached hydrogens (tertiary/aromatic N) is 2. The van der Waals surface area contributed by atoms with Crippen LogP contribution in [0.5, 0.6) is 0 Å². The lowest BCUT2D eigenvalue weighted by Gasteiger charge is -2.38. The molecular weight excluding hydrogens is 440 g/mol. The highest BCUT2D eigenvalue weighted by Crippen LogP contribution is 2.38. The molecule has 4 nitrogen and oxygen atoms in total. The van der Waals surface area contributed by atoms with E-state index in [0.29, 0.717) is 18.0 Å². The monoisotopic (exact) mass is 466 g/mol. The quantitative estimate of drug-likeness (QED) is 0.491. The zero-order valence-corrected chi connectivity index (χ0v) is 19.9. The van der Waals surface area contributed by atoms with Crippen molar-refractivity contribution < 1.29 is 9.59 Å². The summed E-state index contributed by atoms with van der Waals surface area (Å²) in [7, 11) is 0. The third kappa shape index (κ3) is 4.89. The number of amides is 2. The minimum absolute atomic E-state index is 0.0306. The molecule has 32 heavy (non-hydrogen) atoms. The van der Waals surface area contributed by atoms with E-state index in [1.807, 2.05) is 73.3 Å². The number of fused-ring (bicyclic) bond motifs is 1. The number of halogens is 1. The first-order valence-electron chi connectivity index (χ1n) is 10.9. The van der Waals surface area contributed by atoms with Crippen LogP contribution in [0.25, 0.3) is 0 Å². The molecule has 2 aromatic carbocycles. The molecule has 1 aliphatic heterocycles. The normalized spacial score (nSPS) is 15.5. The molecule has 4 rings (SSSR count). The van der Waals surface area contributed by atoms with E-state index in [2.05, 4.69) is 11.4 Å². The van der Waals surface area contributed by atoms with Crippen molar-refractivity contribution in [2.24, 2.45) is 0 Å². The van der Waals surface area contributed by atoms with E-state index in [1.165, 1.54) is 10.4 Å². The fourth-order valence-corrected chi connectivity index (χ4v) is 5.29. The van der Waals surface area contributed by atoms with Crippen molar-refractivity contribution in [2.75, 3.05) is 13.1 Å².